The highest BCUT2D eigenvalue weighted by molar-refractivity contribution is 6.31. The van der Waals surface area contributed by atoms with Crippen LogP contribution in [-0.4, -0.2) is 12.6 Å². The van der Waals surface area contributed by atoms with E-state index < -0.39 is 0 Å². The van der Waals surface area contributed by atoms with Gasteiger partial charge in [0.2, 0.25) is 0 Å². The van der Waals surface area contributed by atoms with E-state index in [1.54, 1.807) is 6.07 Å². The smallest absolute Gasteiger partial charge is 0.407 e. The highest BCUT2D eigenvalue weighted by atomic mass is 35.5. The second kappa shape index (κ2) is 6.50. The minimum atomic E-state index is -0.384. The summed E-state index contributed by atoms with van der Waals surface area (Å²) < 4.78 is 4.99. The number of rotatable bonds is 1. The molecule has 1 aromatic rings. The molecule has 0 spiro atoms. The zero-order valence-corrected chi connectivity index (χ0v) is 11.1. The van der Waals surface area contributed by atoms with Crippen LogP contribution in [-0.2, 0) is 4.74 Å². The maximum absolute atomic E-state index is 10.8. The SMILES string of the molecule is CC(C)C.O=C1NCC(c2ccccc2Cl)O1. The van der Waals surface area contributed by atoms with Crippen LogP contribution >= 0.6 is 11.6 Å². The van der Waals surface area contributed by atoms with E-state index in [1.165, 1.54) is 0 Å². The minimum absolute atomic E-state index is 0.249. The van der Waals surface area contributed by atoms with Crippen molar-refractivity contribution in [3.05, 3.63) is 34.9 Å². The molecule has 1 unspecified atom stereocenters. The van der Waals surface area contributed by atoms with Crippen molar-refractivity contribution in [3.63, 3.8) is 0 Å². The van der Waals surface area contributed by atoms with Gasteiger partial charge in [0.25, 0.3) is 0 Å². The van der Waals surface area contributed by atoms with Crippen LogP contribution in [0.15, 0.2) is 24.3 Å². The first-order valence-corrected chi connectivity index (χ1v) is 6.07. The Balaban J connectivity index is 0.000000317. The summed E-state index contributed by atoms with van der Waals surface area (Å²) in [6, 6.07) is 7.35. The van der Waals surface area contributed by atoms with Gasteiger partial charge >= 0.3 is 6.09 Å². The molecule has 1 aromatic carbocycles. The van der Waals surface area contributed by atoms with E-state index in [9.17, 15) is 4.79 Å². The summed E-state index contributed by atoms with van der Waals surface area (Å²) in [5.74, 6) is 0.833. The highest BCUT2D eigenvalue weighted by Gasteiger charge is 2.25. The average molecular weight is 256 g/mol. The predicted molar refractivity (Wildman–Crippen MR) is 69.2 cm³/mol. The average Bonchev–Trinajstić information content (AvgIpc) is 2.64. The lowest BCUT2D eigenvalue weighted by atomic mass is 10.1. The maximum Gasteiger partial charge on any atom is 0.407 e. The number of amides is 1. The van der Waals surface area contributed by atoms with Crippen molar-refractivity contribution in [2.45, 2.75) is 26.9 Å². The molecule has 1 fully saturated rings. The fraction of sp³-hybridized carbons (Fsp3) is 0.462. The van der Waals surface area contributed by atoms with Crippen molar-refractivity contribution in [2.24, 2.45) is 5.92 Å². The summed E-state index contributed by atoms with van der Waals surface area (Å²) in [5.41, 5.74) is 0.850. The number of hydrogen-bond donors (Lipinski definition) is 1. The fourth-order valence-corrected chi connectivity index (χ4v) is 1.56. The Labute approximate surface area is 107 Å². The molecule has 2 rings (SSSR count). The van der Waals surface area contributed by atoms with Gasteiger partial charge < -0.3 is 10.1 Å². The number of cyclic esters (lactones) is 1. The number of halogens is 1. The zero-order valence-electron chi connectivity index (χ0n) is 10.4. The van der Waals surface area contributed by atoms with Gasteiger partial charge in [-0.25, -0.2) is 4.79 Å². The molecular weight excluding hydrogens is 238 g/mol. The van der Waals surface area contributed by atoms with Crippen molar-refractivity contribution < 1.29 is 9.53 Å². The molecule has 3 nitrogen and oxygen atoms in total. The molecule has 1 heterocycles. The predicted octanol–water partition coefficient (Wildman–Crippen LogP) is 3.78. The summed E-state index contributed by atoms with van der Waals surface area (Å²) in [4.78, 5) is 10.8. The molecule has 4 heteroatoms. The standard InChI is InChI=1S/C9H8ClNO2.C4H10/c10-7-4-2-1-3-6(7)8-5-11-9(12)13-8;1-4(2)3/h1-4,8H,5H2,(H,11,12);4H,1-3H3. The molecule has 1 amide bonds. The molecule has 0 aliphatic carbocycles. The molecule has 1 N–H and O–H groups in total. The Kier molecular flexibility index (Phi) is 5.29. The van der Waals surface area contributed by atoms with E-state index in [-0.39, 0.29) is 12.2 Å². The topological polar surface area (TPSA) is 38.3 Å². The minimum Gasteiger partial charge on any atom is -0.439 e. The number of benzene rings is 1. The summed E-state index contributed by atoms with van der Waals surface area (Å²) in [6.45, 7) is 6.99. The van der Waals surface area contributed by atoms with Crippen LogP contribution in [0.2, 0.25) is 5.02 Å². The molecule has 17 heavy (non-hydrogen) atoms. The first-order valence-electron chi connectivity index (χ1n) is 5.69. The Hall–Kier alpha value is -1.22. The van der Waals surface area contributed by atoms with E-state index in [1.807, 2.05) is 18.2 Å². The Morgan fingerprint density at radius 2 is 1.94 bits per heavy atom. The largest absolute Gasteiger partial charge is 0.439 e. The van der Waals surface area contributed by atoms with Crippen molar-refractivity contribution in [1.82, 2.24) is 5.32 Å². The molecule has 94 valence electrons. The van der Waals surface area contributed by atoms with Crippen LogP contribution in [0.25, 0.3) is 0 Å². The second-order valence-corrected chi connectivity index (χ2v) is 4.94. The molecule has 1 aliphatic heterocycles. The normalized spacial score (nSPS) is 18.2. The summed E-state index contributed by atoms with van der Waals surface area (Å²) in [7, 11) is 0. The number of ether oxygens (including phenoxy) is 1. The molecular formula is C13H18ClNO2. The Bertz CT molecular complexity index is 377. The van der Waals surface area contributed by atoms with Gasteiger partial charge in [0, 0.05) is 10.6 Å². The van der Waals surface area contributed by atoms with Gasteiger partial charge in [0.05, 0.1) is 6.54 Å². The van der Waals surface area contributed by atoms with E-state index in [0.717, 1.165) is 11.5 Å². The first kappa shape index (κ1) is 13.8. The van der Waals surface area contributed by atoms with Crippen LogP contribution in [0.5, 0.6) is 0 Å². The van der Waals surface area contributed by atoms with Gasteiger partial charge in [-0.2, -0.15) is 0 Å². The number of hydrogen-bond acceptors (Lipinski definition) is 2. The number of carbonyl (C=O) groups is 1. The molecule has 1 saturated heterocycles. The lowest BCUT2D eigenvalue weighted by molar-refractivity contribution is 0.141. The quantitative estimate of drug-likeness (QED) is 0.829. The van der Waals surface area contributed by atoms with Crippen LogP contribution in [0.3, 0.4) is 0 Å². The van der Waals surface area contributed by atoms with Gasteiger partial charge in [-0.15, -0.1) is 0 Å². The van der Waals surface area contributed by atoms with E-state index in [4.69, 9.17) is 16.3 Å². The Morgan fingerprint density at radius 3 is 2.41 bits per heavy atom. The third-order valence-electron chi connectivity index (χ3n) is 1.93. The van der Waals surface area contributed by atoms with E-state index in [2.05, 4.69) is 26.1 Å². The summed E-state index contributed by atoms with van der Waals surface area (Å²) >= 11 is 5.93. The van der Waals surface area contributed by atoms with Crippen molar-refractivity contribution in [1.29, 1.82) is 0 Å². The van der Waals surface area contributed by atoms with Gasteiger partial charge in [-0.1, -0.05) is 50.6 Å². The number of nitrogens with one attached hydrogen (secondary N) is 1. The zero-order chi connectivity index (χ0) is 12.8. The number of alkyl carbamates (subject to hydrolysis) is 1. The second-order valence-electron chi connectivity index (χ2n) is 4.53. The van der Waals surface area contributed by atoms with Crippen LogP contribution in [0.1, 0.15) is 32.4 Å². The van der Waals surface area contributed by atoms with Gasteiger partial charge in [0.1, 0.15) is 6.10 Å². The molecule has 0 saturated carbocycles. The summed E-state index contributed by atoms with van der Waals surface area (Å²) in [6.07, 6.45) is -0.633. The summed E-state index contributed by atoms with van der Waals surface area (Å²) in [5, 5.41) is 3.20. The molecule has 0 radical (unpaired) electrons. The molecule has 1 atom stereocenters. The van der Waals surface area contributed by atoms with Gasteiger partial charge in [-0.3, -0.25) is 0 Å². The van der Waals surface area contributed by atoms with Crippen molar-refractivity contribution in [2.75, 3.05) is 6.54 Å². The fourth-order valence-electron chi connectivity index (χ4n) is 1.30. The lowest BCUT2D eigenvalue weighted by Crippen LogP contribution is -2.12. The highest BCUT2D eigenvalue weighted by Crippen LogP contribution is 2.27. The van der Waals surface area contributed by atoms with E-state index in [0.29, 0.717) is 11.6 Å². The van der Waals surface area contributed by atoms with Crippen LogP contribution in [0, 0.1) is 5.92 Å². The third-order valence-corrected chi connectivity index (χ3v) is 2.28. The molecule has 0 bridgehead atoms. The first-order chi connectivity index (χ1) is 8.00. The van der Waals surface area contributed by atoms with Crippen LogP contribution in [0.4, 0.5) is 4.79 Å². The van der Waals surface area contributed by atoms with Crippen LogP contribution < -0.4 is 5.32 Å². The monoisotopic (exact) mass is 255 g/mol. The number of carbonyl (C=O) groups excluding carboxylic acids is 1. The molecule has 1 aliphatic rings. The van der Waals surface area contributed by atoms with Crippen molar-refractivity contribution >= 4 is 17.7 Å². The third kappa shape index (κ3) is 4.65. The lowest BCUT2D eigenvalue weighted by Gasteiger charge is -2.08. The van der Waals surface area contributed by atoms with Crippen molar-refractivity contribution in [3.8, 4) is 0 Å². The Morgan fingerprint density at radius 1 is 1.35 bits per heavy atom. The van der Waals surface area contributed by atoms with E-state index >= 15 is 0 Å². The maximum atomic E-state index is 10.8. The van der Waals surface area contributed by atoms with Gasteiger partial charge in [-0.05, 0) is 12.0 Å². The van der Waals surface area contributed by atoms with Gasteiger partial charge in [0.15, 0.2) is 0 Å². The molecule has 0 aromatic heterocycles.